The molecule has 6 rings (SSSR count). The maximum Gasteiger partial charge on any atom is 0.230 e. The largest absolute Gasteiger partial charge is 0.495 e. The van der Waals surface area contributed by atoms with Crippen molar-refractivity contribution >= 4 is 34.8 Å². The molecule has 0 unspecified atom stereocenters. The van der Waals surface area contributed by atoms with Gasteiger partial charge in [-0.1, -0.05) is 11.6 Å². The summed E-state index contributed by atoms with van der Waals surface area (Å²) in [6.45, 7) is 6.13. The van der Waals surface area contributed by atoms with Crippen molar-refractivity contribution in [1.29, 1.82) is 0 Å². The van der Waals surface area contributed by atoms with Gasteiger partial charge in [0.2, 0.25) is 11.9 Å². The SMILES string of the molecule is COc1cc(CO)c(-c2cn3ccc(N4CCN(c5ncnc(N6CCOCC6)n5)CC4)cc3n2)cc1Cl. The number of ether oxygens (including phenoxy) is 2. The number of aromatic nitrogens is 5. The van der Waals surface area contributed by atoms with Crippen molar-refractivity contribution < 1.29 is 14.6 Å². The minimum Gasteiger partial charge on any atom is -0.495 e. The zero-order chi connectivity index (χ0) is 26.1. The van der Waals surface area contributed by atoms with Crippen LogP contribution in [0.2, 0.25) is 5.02 Å². The highest BCUT2D eigenvalue weighted by atomic mass is 35.5. The van der Waals surface area contributed by atoms with Crippen molar-refractivity contribution in [2.45, 2.75) is 6.61 Å². The van der Waals surface area contributed by atoms with Gasteiger partial charge in [-0.25, -0.2) is 15.0 Å². The molecule has 2 fully saturated rings. The fourth-order valence-corrected chi connectivity index (χ4v) is 5.17. The average Bonchev–Trinajstić information content (AvgIpc) is 3.41. The minimum absolute atomic E-state index is 0.138. The van der Waals surface area contributed by atoms with Gasteiger partial charge >= 0.3 is 0 Å². The summed E-state index contributed by atoms with van der Waals surface area (Å²) in [4.78, 5) is 25.1. The number of benzene rings is 1. The molecule has 0 bridgehead atoms. The van der Waals surface area contributed by atoms with Gasteiger partial charge < -0.3 is 33.7 Å². The summed E-state index contributed by atoms with van der Waals surface area (Å²) in [7, 11) is 1.56. The number of piperazine rings is 1. The number of pyridine rings is 1. The van der Waals surface area contributed by atoms with Crippen molar-refractivity contribution in [2.75, 3.05) is 74.3 Å². The first kappa shape index (κ1) is 24.7. The first-order valence-corrected chi connectivity index (χ1v) is 13.0. The van der Waals surface area contributed by atoms with E-state index in [-0.39, 0.29) is 6.61 Å². The Balaban J connectivity index is 1.17. The van der Waals surface area contributed by atoms with Crippen LogP contribution in [-0.4, -0.2) is 89.0 Å². The predicted octanol–water partition coefficient (Wildman–Crippen LogP) is 2.50. The van der Waals surface area contributed by atoms with Crippen molar-refractivity contribution in [2.24, 2.45) is 0 Å². The normalized spacial score (nSPS) is 16.3. The summed E-state index contributed by atoms with van der Waals surface area (Å²) >= 11 is 6.37. The summed E-state index contributed by atoms with van der Waals surface area (Å²) in [5.41, 5.74) is 4.16. The number of anilines is 3. The van der Waals surface area contributed by atoms with Gasteiger partial charge in [-0.15, -0.1) is 0 Å². The number of methoxy groups -OCH3 is 1. The van der Waals surface area contributed by atoms with Crippen LogP contribution < -0.4 is 19.4 Å². The number of hydrogen-bond donors (Lipinski definition) is 1. The van der Waals surface area contributed by atoms with Crippen molar-refractivity contribution in [1.82, 2.24) is 24.3 Å². The molecule has 2 aliphatic heterocycles. The number of aliphatic hydroxyl groups excluding tert-OH is 1. The molecule has 0 spiro atoms. The quantitative estimate of drug-likeness (QED) is 0.395. The van der Waals surface area contributed by atoms with Crippen molar-refractivity contribution in [3.05, 3.63) is 53.6 Å². The zero-order valence-electron chi connectivity index (χ0n) is 21.1. The van der Waals surface area contributed by atoms with E-state index in [1.807, 2.05) is 16.8 Å². The van der Waals surface area contributed by atoms with E-state index in [0.29, 0.717) is 41.4 Å². The van der Waals surface area contributed by atoms with E-state index in [4.69, 9.17) is 31.0 Å². The molecule has 0 amide bonds. The molecule has 38 heavy (non-hydrogen) atoms. The third-order valence-corrected chi connectivity index (χ3v) is 7.33. The summed E-state index contributed by atoms with van der Waals surface area (Å²) < 4.78 is 12.7. The van der Waals surface area contributed by atoms with Gasteiger partial charge in [0, 0.05) is 69.0 Å². The Bertz CT molecular complexity index is 1430. The Hall–Kier alpha value is -3.67. The van der Waals surface area contributed by atoms with E-state index < -0.39 is 0 Å². The fourth-order valence-electron chi connectivity index (χ4n) is 4.93. The zero-order valence-corrected chi connectivity index (χ0v) is 21.9. The van der Waals surface area contributed by atoms with Gasteiger partial charge in [0.25, 0.3) is 0 Å². The van der Waals surface area contributed by atoms with Gasteiger partial charge in [0.05, 0.1) is 37.6 Å². The molecule has 198 valence electrons. The molecular formula is C26H29ClN8O3. The second-order valence-corrected chi connectivity index (χ2v) is 9.64. The van der Waals surface area contributed by atoms with E-state index in [1.54, 1.807) is 25.6 Å². The van der Waals surface area contributed by atoms with Gasteiger partial charge in [-0.3, -0.25) is 0 Å². The molecule has 2 saturated heterocycles. The number of halogens is 1. The van der Waals surface area contributed by atoms with Gasteiger partial charge in [-0.2, -0.15) is 4.98 Å². The molecule has 0 saturated carbocycles. The lowest BCUT2D eigenvalue weighted by Gasteiger charge is -2.36. The van der Waals surface area contributed by atoms with Crippen LogP contribution in [0, 0.1) is 0 Å². The second-order valence-electron chi connectivity index (χ2n) is 9.24. The molecule has 2 aliphatic rings. The maximum absolute atomic E-state index is 9.90. The lowest BCUT2D eigenvalue weighted by Crippen LogP contribution is -2.47. The van der Waals surface area contributed by atoms with Gasteiger partial charge in [0.15, 0.2) is 0 Å². The van der Waals surface area contributed by atoms with E-state index in [9.17, 15) is 5.11 Å². The molecule has 0 aliphatic carbocycles. The van der Waals surface area contributed by atoms with Gasteiger partial charge in [-0.05, 0) is 23.8 Å². The number of imidazole rings is 1. The van der Waals surface area contributed by atoms with Crippen LogP contribution in [0.5, 0.6) is 5.75 Å². The third kappa shape index (κ3) is 4.80. The molecular weight excluding hydrogens is 508 g/mol. The Morgan fingerprint density at radius 2 is 1.66 bits per heavy atom. The average molecular weight is 537 g/mol. The van der Waals surface area contributed by atoms with Crippen LogP contribution in [0.15, 0.2) is 43.0 Å². The fraction of sp³-hybridized carbons (Fsp3) is 0.385. The lowest BCUT2D eigenvalue weighted by molar-refractivity contribution is 0.122. The van der Waals surface area contributed by atoms with Crippen LogP contribution in [0.25, 0.3) is 16.9 Å². The minimum atomic E-state index is -0.138. The molecule has 0 radical (unpaired) electrons. The summed E-state index contributed by atoms with van der Waals surface area (Å²) in [5.74, 6) is 1.95. The Morgan fingerprint density at radius 3 is 2.37 bits per heavy atom. The molecule has 4 aromatic rings. The van der Waals surface area contributed by atoms with E-state index in [0.717, 1.165) is 61.9 Å². The Kier molecular flexibility index (Phi) is 6.88. The van der Waals surface area contributed by atoms with Gasteiger partial charge in [0.1, 0.15) is 17.7 Å². The van der Waals surface area contributed by atoms with E-state index in [1.165, 1.54) is 0 Å². The van der Waals surface area contributed by atoms with E-state index in [2.05, 4.69) is 36.8 Å². The smallest absolute Gasteiger partial charge is 0.230 e. The highest BCUT2D eigenvalue weighted by Crippen LogP contribution is 2.34. The van der Waals surface area contributed by atoms with Crippen LogP contribution in [0.3, 0.4) is 0 Å². The summed E-state index contributed by atoms with van der Waals surface area (Å²) in [6, 6.07) is 7.73. The standard InChI is InChI=1S/C26H29ClN8O3/c1-37-23-12-18(16-36)20(14-21(23)27)22-15-35-3-2-19(13-24(35)30-22)32-4-6-33(7-5-32)25-28-17-29-26(31-25)34-8-10-38-11-9-34/h2-3,12-15,17,36H,4-11,16H2,1H3. The summed E-state index contributed by atoms with van der Waals surface area (Å²) in [5, 5.41) is 10.4. The summed E-state index contributed by atoms with van der Waals surface area (Å²) in [6.07, 6.45) is 5.56. The number of nitrogens with zero attached hydrogens (tertiary/aromatic N) is 8. The van der Waals surface area contributed by atoms with Crippen LogP contribution in [0.4, 0.5) is 17.6 Å². The first-order valence-electron chi connectivity index (χ1n) is 12.6. The number of morpholine rings is 1. The number of hydrogen-bond acceptors (Lipinski definition) is 10. The predicted molar refractivity (Wildman–Crippen MR) is 145 cm³/mol. The van der Waals surface area contributed by atoms with Crippen molar-refractivity contribution in [3.63, 3.8) is 0 Å². The molecule has 5 heterocycles. The van der Waals surface area contributed by atoms with Crippen molar-refractivity contribution in [3.8, 4) is 17.0 Å². The topological polar surface area (TPSA) is 104 Å². The first-order chi connectivity index (χ1) is 18.6. The van der Waals surface area contributed by atoms with Crippen LogP contribution in [-0.2, 0) is 11.3 Å². The third-order valence-electron chi connectivity index (χ3n) is 7.04. The molecule has 11 nitrogen and oxygen atoms in total. The number of fused-ring (bicyclic) bond motifs is 1. The molecule has 0 atom stereocenters. The number of aliphatic hydroxyl groups is 1. The molecule has 1 aromatic carbocycles. The van der Waals surface area contributed by atoms with Crippen LogP contribution in [0.1, 0.15) is 5.56 Å². The van der Waals surface area contributed by atoms with E-state index >= 15 is 0 Å². The Labute approximate surface area is 225 Å². The highest BCUT2D eigenvalue weighted by Gasteiger charge is 2.22. The van der Waals surface area contributed by atoms with Crippen LogP contribution >= 0.6 is 11.6 Å². The molecule has 12 heteroatoms. The molecule has 3 aromatic heterocycles. The molecule has 1 N–H and O–H groups in total. The maximum atomic E-state index is 9.90. The monoisotopic (exact) mass is 536 g/mol. The second kappa shape index (κ2) is 10.6. The lowest BCUT2D eigenvalue weighted by atomic mass is 10.1. The number of rotatable bonds is 6. The Morgan fingerprint density at radius 1 is 0.947 bits per heavy atom. The highest BCUT2D eigenvalue weighted by molar-refractivity contribution is 6.32.